The molecule has 0 radical (unpaired) electrons. The fourth-order valence-electron chi connectivity index (χ4n) is 3.43. The molecule has 1 atom stereocenters. The summed E-state index contributed by atoms with van der Waals surface area (Å²) in [4.78, 5) is 18.4. The lowest BCUT2D eigenvalue weighted by Gasteiger charge is -2.30. The second-order valence-electron chi connectivity index (χ2n) is 9.13. The second kappa shape index (κ2) is 7.26. The van der Waals surface area contributed by atoms with Crippen molar-refractivity contribution >= 4 is 34.0 Å². The normalized spacial score (nSPS) is 17.0. The van der Waals surface area contributed by atoms with Crippen LogP contribution in [0.25, 0.3) is 0 Å². The van der Waals surface area contributed by atoms with Crippen LogP contribution in [0.3, 0.4) is 0 Å². The molecule has 1 aliphatic heterocycles. The molecule has 1 heterocycles. The smallest absolute Gasteiger partial charge is 0.318 e. The molecule has 0 aromatic heterocycles. The first-order chi connectivity index (χ1) is 12.6. The standard InChI is InChI=1S/C21H30N2O2Si2/c1-26(2,3)22-21(24)23-18-13-9-7-11-16(18)15-20(25-27(4,5)6)17-12-8-10-14-19(17)23/h7-14,20H,15H2,1-6H3,(H,22,24). The van der Waals surface area contributed by atoms with E-state index in [0.717, 1.165) is 28.9 Å². The van der Waals surface area contributed by atoms with E-state index >= 15 is 0 Å². The minimum absolute atomic E-state index is 0.0429. The third kappa shape index (κ3) is 4.69. The summed E-state index contributed by atoms with van der Waals surface area (Å²) in [6.45, 7) is 13.0. The summed E-state index contributed by atoms with van der Waals surface area (Å²) < 4.78 is 6.56. The van der Waals surface area contributed by atoms with E-state index < -0.39 is 16.6 Å². The zero-order valence-corrected chi connectivity index (χ0v) is 19.2. The van der Waals surface area contributed by atoms with Crippen molar-refractivity contribution in [3.05, 3.63) is 59.7 Å². The Morgan fingerprint density at radius 3 is 2.19 bits per heavy atom. The van der Waals surface area contributed by atoms with E-state index in [1.165, 1.54) is 0 Å². The Hall–Kier alpha value is -1.90. The summed E-state index contributed by atoms with van der Waals surface area (Å²) in [6, 6.07) is 16.3. The van der Waals surface area contributed by atoms with Crippen molar-refractivity contribution in [1.82, 2.24) is 4.98 Å². The Bertz CT molecular complexity index is 841. The van der Waals surface area contributed by atoms with Crippen molar-refractivity contribution in [2.24, 2.45) is 0 Å². The van der Waals surface area contributed by atoms with Gasteiger partial charge in [-0.15, -0.1) is 0 Å². The van der Waals surface area contributed by atoms with Crippen LogP contribution in [0.4, 0.5) is 16.2 Å². The maximum absolute atomic E-state index is 13.3. The molecule has 1 aliphatic rings. The fraction of sp³-hybridized carbons (Fsp3) is 0.381. The van der Waals surface area contributed by atoms with Crippen molar-refractivity contribution in [3.8, 4) is 0 Å². The van der Waals surface area contributed by atoms with E-state index in [1.807, 2.05) is 41.3 Å². The third-order valence-electron chi connectivity index (χ3n) is 4.34. The maximum atomic E-state index is 13.3. The number of anilines is 2. The van der Waals surface area contributed by atoms with Gasteiger partial charge >= 0.3 is 6.03 Å². The summed E-state index contributed by atoms with van der Waals surface area (Å²) in [5.41, 5.74) is 4.09. The van der Waals surface area contributed by atoms with Gasteiger partial charge in [0.05, 0.1) is 17.5 Å². The van der Waals surface area contributed by atoms with Crippen molar-refractivity contribution in [1.29, 1.82) is 0 Å². The van der Waals surface area contributed by atoms with Crippen molar-refractivity contribution in [3.63, 3.8) is 0 Å². The molecule has 3 rings (SSSR count). The molecule has 0 saturated heterocycles. The van der Waals surface area contributed by atoms with Gasteiger partial charge in [0, 0.05) is 12.0 Å². The summed E-state index contributed by atoms with van der Waals surface area (Å²) in [5, 5.41) is 0. The number of hydrogen-bond donors (Lipinski definition) is 1. The topological polar surface area (TPSA) is 41.6 Å². The minimum Gasteiger partial charge on any atom is -0.410 e. The number of fused-ring (bicyclic) bond motifs is 2. The van der Waals surface area contributed by atoms with Crippen LogP contribution >= 0.6 is 0 Å². The molecule has 0 spiro atoms. The molecule has 1 N–H and O–H groups in total. The quantitative estimate of drug-likeness (QED) is 0.662. The van der Waals surface area contributed by atoms with Crippen molar-refractivity contribution in [2.75, 3.05) is 4.90 Å². The molecule has 0 bridgehead atoms. The number of amides is 2. The summed E-state index contributed by atoms with van der Waals surface area (Å²) in [5.74, 6) is 0. The van der Waals surface area contributed by atoms with Crippen LogP contribution in [-0.2, 0) is 10.8 Å². The summed E-state index contributed by atoms with van der Waals surface area (Å²) in [6.07, 6.45) is 0.729. The van der Waals surface area contributed by atoms with E-state index in [0.29, 0.717) is 0 Å². The summed E-state index contributed by atoms with van der Waals surface area (Å²) in [7, 11) is -3.54. The highest BCUT2D eigenvalue weighted by atomic mass is 28.4. The number of nitrogens with zero attached hydrogens (tertiary/aromatic N) is 1. The molecule has 0 fully saturated rings. The lowest BCUT2D eigenvalue weighted by Crippen LogP contribution is -2.50. The van der Waals surface area contributed by atoms with Gasteiger partial charge in [-0.3, -0.25) is 4.90 Å². The predicted octanol–water partition coefficient (Wildman–Crippen LogP) is 5.82. The van der Waals surface area contributed by atoms with Gasteiger partial charge in [-0.05, 0) is 37.3 Å². The Balaban J connectivity index is 2.16. The number of urea groups is 1. The molecule has 0 aliphatic carbocycles. The van der Waals surface area contributed by atoms with Gasteiger partial charge < -0.3 is 9.41 Å². The average Bonchev–Trinajstić information content (AvgIpc) is 2.66. The van der Waals surface area contributed by atoms with Crippen molar-refractivity contribution < 1.29 is 9.22 Å². The van der Waals surface area contributed by atoms with Gasteiger partial charge in [-0.1, -0.05) is 56.0 Å². The zero-order valence-electron chi connectivity index (χ0n) is 17.2. The van der Waals surface area contributed by atoms with E-state index in [4.69, 9.17) is 4.43 Å². The van der Waals surface area contributed by atoms with Crippen LogP contribution in [-0.4, -0.2) is 22.6 Å². The third-order valence-corrected chi connectivity index (χ3v) is 6.30. The second-order valence-corrected chi connectivity index (χ2v) is 18.3. The minimum atomic E-state index is -1.78. The van der Waals surface area contributed by atoms with E-state index in [2.05, 4.69) is 56.4 Å². The molecule has 2 aromatic carbocycles. The molecule has 0 saturated carbocycles. The molecular formula is C21H30N2O2Si2. The average molecular weight is 399 g/mol. The number of nitrogens with one attached hydrogen (secondary N) is 1. The van der Waals surface area contributed by atoms with Gasteiger partial charge in [0.15, 0.2) is 8.32 Å². The first kappa shape index (κ1) is 19.9. The predicted molar refractivity (Wildman–Crippen MR) is 118 cm³/mol. The Labute approximate surface area is 164 Å². The molecule has 4 nitrogen and oxygen atoms in total. The highest BCUT2D eigenvalue weighted by molar-refractivity contribution is 6.76. The Morgan fingerprint density at radius 2 is 1.56 bits per heavy atom. The first-order valence-electron chi connectivity index (χ1n) is 9.52. The zero-order chi connectivity index (χ0) is 19.8. The molecule has 2 amide bonds. The molecule has 144 valence electrons. The highest BCUT2D eigenvalue weighted by Gasteiger charge is 2.34. The molecule has 27 heavy (non-hydrogen) atoms. The van der Waals surface area contributed by atoms with Crippen LogP contribution in [0, 0.1) is 0 Å². The maximum Gasteiger partial charge on any atom is 0.318 e. The Morgan fingerprint density at radius 1 is 0.963 bits per heavy atom. The number of hydrogen-bond acceptors (Lipinski definition) is 2. The monoisotopic (exact) mass is 398 g/mol. The lowest BCUT2D eigenvalue weighted by atomic mass is 10.0. The van der Waals surface area contributed by atoms with E-state index in [-0.39, 0.29) is 12.1 Å². The number of carbonyl (C=O) groups is 1. The first-order valence-corrected chi connectivity index (χ1v) is 16.4. The van der Waals surface area contributed by atoms with Crippen molar-refractivity contribution in [2.45, 2.75) is 51.8 Å². The summed E-state index contributed by atoms with van der Waals surface area (Å²) >= 11 is 0. The lowest BCUT2D eigenvalue weighted by molar-refractivity contribution is 0.200. The van der Waals surface area contributed by atoms with Crippen LogP contribution in [0.2, 0.25) is 39.3 Å². The molecule has 6 heteroatoms. The fourth-order valence-corrected chi connectivity index (χ4v) is 5.25. The van der Waals surface area contributed by atoms with Crippen LogP contribution < -0.4 is 9.88 Å². The number of para-hydroxylation sites is 2. The van der Waals surface area contributed by atoms with Gasteiger partial charge in [-0.2, -0.15) is 0 Å². The number of rotatable bonds is 3. The molecule has 1 unspecified atom stereocenters. The van der Waals surface area contributed by atoms with Gasteiger partial charge in [0.1, 0.15) is 8.24 Å². The number of benzene rings is 2. The molecular weight excluding hydrogens is 368 g/mol. The van der Waals surface area contributed by atoms with Gasteiger partial charge in [-0.25, -0.2) is 4.79 Å². The van der Waals surface area contributed by atoms with Crippen LogP contribution in [0.1, 0.15) is 17.2 Å². The highest BCUT2D eigenvalue weighted by Crippen LogP contribution is 2.42. The van der Waals surface area contributed by atoms with E-state index in [9.17, 15) is 4.79 Å². The SMILES string of the molecule is C[Si](C)(C)NC(=O)N1c2ccccc2CC(O[Si](C)(C)C)c2ccccc21. The van der Waals surface area contributed by atoms with E-state index in [1.54, 1.807) is 0 Å². The molecule has 2 aromatic rings. The van der Waals surface area contributed by atoms with Crippen LogP contribution in [0.15, 0.2) is 48.5 Å². The van der Waals surface area contributed by atoms with Crippen LogP contribution in [0.5, 0.6) is 0 Å². The Kier molecular flexibility index (Phi) is 5.34. The number of carbonyl (C=O) groups excluding carboxylic acids is 1. The van der Waals surface area contributed by atoms with Gasteiger partial charge in [0.2, 0.25) is 0 Å². The largest absolute Gasteiger partial charge is 0.410 e. The van der Waals surface area contributed by atoms with Gasteiger partial charge in [0.25, 0.3) is 0 Å².